The van der Waals surface area contributed by atoms with E-state index < -0.39 is 27.6 Å². The minimum absolute atomic E-state index is 0.0272. The molecule has 0 saturated heterocycles. The van der Waals surface area contributed by atoms with Crippen molar-refractivity contribution in [2.24, 2.45) is 0 Å². The fourth-order valence-corrected chi connectivity index (χ4v) is 3.34. The number of sulfonamides is 1. The Labute approximate surface area is 177 Å². The van der Waals surface area contributed by atoms with Crippen LogP contribution < -0.4 is 14.8 Å². The number of halogens is 2. The van der Waals surface area contributed by atoms with Gasteiger partial charge in [0.15, 0.2) is 11.7 Å². The third kappa shape index (κ3) is 5.79. The molecule has 0 bridgehead atoms. The number of ether oxygens (including phenoxy) is 1. The number of methoxy groups -OCH3 is 1. The Morgan fingerprint density at radius 1 is 1.19 bits per heavy atom. The molecule has 0 aliphatic rings. The highest BCUT2D eigenvalue weighted by Crippen LogP contribution is 2.29. The van der Waals surface area contributed by atoms with E-state index in [0.717, 1.165) is 18.4 Å². The predicted octanol–water partition coefficient (Wildman–Crippen LogP) is 3.57. The Bertz CT molecular complexity index is 1190. The van der Waals surface area contributed by atoms with Gasteiger partial charge in [-0.25, -0.2) is 22.2 Å². The first-order valence-electron chi connectivity index (χ1n) is 9.01. The highest BCUT2D eigenvalue weighted by Gasteiger charge is 2.17. The first kappa shape index (κ1) is 22.2. The second-order valence-corrected chi connectivity index (χ2v) is 8.30. The minimum Gasteiger partial charge on any atom is -0.495 e. The normalized spacial score (nSPS) is 11.2. The van der Waals surface area contributed by atoms with Gasteiger partial charge in [-0.05, 0) is 30.3 Å². The molecular weight excluding hydrogens is 432 g/mol. The molecule has 3 aromatic rings. The number of nitrogens with one attached hydrogen (secondary N) is 2. The molecule has 0 saturated carbocycles. The molecule has 0 fully saturated rings. The summed E-state index contributed by atoms with van der Waals surface area (Å²) >= 11 is 0. The van der Waals surface area contributed by atoms with Gasteiger partial charge in [-0.1, -0.05) is 6.07 Å². The maximum Gasteiger partial charge on any atom is 0.229 e. The summed E-state index contributed by atoms with van der Waals surface area (Å²) in [6, 6.07) is 7.93. The summed E-state index contributed by atoms with van der Waals surface area (Å²) < 4.78 is 63.5. The first-order chi connectivity index (χ1) is 14.7. The van der Waals surface area contributed by atoms with Crippen molar-refractivity contribution in [2.75, 3.05) is 23.4 Å². The smallest absolute Gasteiger partial charge is 0.229 e. The Morgan fingerprint density at radius 3 is 2.55 bits per heavy atom. The van der Waals surface area contributed by atoms with Gasteiger partial charge in [0.1, 0.15) is 17.4 Å². The van der Waals surface area contributed by atoms with Gasteiger partial charge >= 0.3 is 0 Å². The molecule has 31 heavy (non-hydrogen) atoms. The highest BCUT2D eigenvalue weighted by atomic mass is 32.2. The largest absolute Gasteiger partial charge is 0.495 e. The summed E-state index contributed by atoms with van der Waals surface area (Å²) in [5.74, 6) is -1.60. The SMILES string of the molecule is COc1ccc(NC(=O)CCc2ncc(-c3c(F)cccc3F)o2)cc1NS(C)(=O)=O. The molecular formula is C20H19F2N3O5S. The number of hydrogen-bond donors (Lipinski definition) is 2. The van der Waals surface area contributed by atoms with E-state index in [1.54, 1.807) is 6.07 Å². The van der Waals surface area contributed by atoms with Crippen LogP contribution in [-0.2, 0) is 21.2 Å². The fraction of sp³-hybridized carbons (Fsp3) is 0.200. The predicted molar refractivity (Wildman–Crippen MR) is 110 cm³/mol. The zero-order valence-electron chi connectivity index (χ0n) is 16.6. The van der Waals surface area contributed by atoms with Crippen molar-refractivity contribution in [1.29, 1.82) is 0 Å². The minimum atomic E-state index is -3.54. The molecule has 0 aliphatic heterocycles. The van der Waals surface area contributed by atoms with Gasteiger partial charge in [0.25, 0.3) is 0 Å². The molecule has 1 aromatic heterocycles. The van der Waals surface area contributed by atoms with E-state index in [0.29, 0.717) is 5.69 Å². The third-order valence-corrected chi connectivity index (χ3v) is 4.70. The second kappa shape index (κ2) is 9.13. The van der Waals surface area contributed by atoms with Crippen molar-refractivity contribution in [1.82, 2.24) is 4.98 Å². The lowest BCUT2D eigenvalue weighted by Crippen LogP contribution is -2.14. The summed E-state index contributed by atoms with van der Waals surface area (Å²) in [4.78, 5) is 16.2. The summed E-state index contributed by atoms with van der Waals surface area (Å²) in [7, 11) is -2.16. The maximum atomic E-state index is 13.8. The van der Waals surface area contributed by atoms with Crippen LogP contribution in [0.15, 0.2) is 47.0 Å². The Balaban J connectivity index is 1.65. The number of hydrogen-bond acceptors (Lipinski definition) is 6. The van der Waals surface area contributed by atoms with Crippen LogP contribution in [0.3, 0.4) is 0 Å². The Morgan fingerprint density at radius 2 is 1.90 bits per heavy atom. The van der Waals surface area contributed by atoms with Crippen LogP contribution in [0.4, 0.5) is 20.2 Å². The average Bonchev–Trinajstić information content (AvgIpc) is 3.14. The van der Waals surface area contributed by atoms with E-state index in [1.165, 1.54) is 31.5 Å². The van der Waals surface area contributed by atoms with Crippen LogP contribution in [0.25, 0.3) is 11.3 Å². The fourth-order valence-electron chi connectivity index (χ4n) is 2.78. The molecule has 11 heteroatoms. The summed E-state index contributed by atoms with van der Waals surface area (Å²) in [5.41, 5.74) is 0.195. The summed E-state index contributed by atoms with van der Waals surface area (Å²) in [5, 5.41) is 2.63. The number of benzene rings is 2. The van der Waals surface area contributed by atoms with Crippen molar-refractivity contribution in [3.63, 3.8) is 0 Å². The van der Waals surface area contributed by atoms with Gasteiger partial charge in [0, 0.05) is 18.5 Å². The lowest BCUT2D eigenvalue weighted by Gasteiger charge is -2.12. The van der Waals surface area contributed by atoms with Crippen LogP contribution in [-0.4, -0.2) is 32.7 Å². The highest BCUT2D eigenvalue weighted by molar-refractivity contribution is 7.92. The molecule has 2 N–H and O–H groups in total. The van der Waals surface area contributed by atoms with E-state index in [4.69, 9.17) is 9.15 Å². The molecule has 2 aromatic carbocycles. The zero-order valence-corrected chi connectivity index (χ0v) is 17.4. The van der Waals surface area contributed by atoms with Crippen molar-refractivity contribution < 1.29 is 31.1 Å². The molecule has 3 rings (SSSR count). The van der Waals surface area contributed by atoms with Crippen LogP contribution in [0, 0.1) is 11.6 Å². The summed E-state index contributed by atoms with van der Waals surface area (Å²) in [6.45, 7) is 0. The molecule has 8 nitrogen and oxygen atoms in total. The number of oxazole rings is 1. The van der Waals surface area contributed by atoms with Gasteiger partial charge in [-0.3, -0.25) is 9.52 Å². The Hall–Kier alpha value is -3.47. The van der Waals surface area contributed by atoms with Gasteiger partial charge in [0.05, 0.1) is 30.8 Å². The number of carbonyl (C=O) groups excluding carboxylic acids is 1. The van der Waals surface area contributed by atoms with E-state index in [1.807, 2.05) is 0 Å². The second-order valence-electron chi connectivity index (χ2n) is 6.55. The van der Waals surface area contributed by atoms with Crippen LogP contribution in [0.1, 0.15) is 12.3 Å². The van der Waals surface area contributed by atoms with Crippen LogP contribution in [0.2, 0.25) is 0 Å². The van der Waals surface area contributed by atoms with Crippen molar-refractivity contribution in [3.8, 4) is 17.1 Å². The van der Waals surface area contributed by atoms with E-state index in [-0.39, 0.29) is 41.5 Å². The number of nitrogens with zero attached hydrogens (tertiary/aromatic N) is 1. The number of aromatic nitrogens is 1. The van der Waals surface area contributed by atoms with Crippen LogP contribution >= 0.6 is 0 Å². The van der Waals surface area contributed by atoms with Gasteiger partial charge < -0.3 is 14.5 Å². The number of carbonyl (C=O) groups is 1. The van der Waals surface area contributed by atoms with Crippen molar-refractivity contribution in [3.05, 3.63) is 60.1 Å². The lowest BCUT2D eigenvalue weighted by atomic mass is 10.1. The maximum absolute atomic E-state index is 13.8. The van der Waals surface area contributed by atoms with Gasteiger partial charge in [-0.2, -0.15) is 0 Å². The summed E-state index contributed by atoms with van der Waals surface area (Å²) in [6.07, 6.45) is 2.25. The molecule has 0 aliphatic carbocycles. The Kier molecular flexibility index (Phi) is 6.54. The van der Waals surface area contributed by atoms with Crippen molar-refractivity contribution in [2.45, 2.75) is 12.8 Å². The molecule has 1 amide bonds. The quantitative estimate of drug-likeness (QED) is 0.542. The molecule has 0 unspecified atom stereocenters. The lowest BCUT2D eigenvalue weighted by molar-refractivity contribution is -0.116. The van der Waals surface area contributed by atoms with Gasteiger partial charge in [0.2, 0.25) is 15.9 Å². The van der Waals surface area contributed by atoms with E-state index in [9.17, 15) is 22.0 Å². The number of anilines is 2. The van der Waals surface area contributed by atoms with E-state index >= 15 is 0 Å². The molecule has 1 heterocycles. The number of rotatable bonds is 8. The molecule has 0 radical (unpaired) electrons. The third-order valence-electron chi connectivity index (χ3n) is 4.11. The number of amides is 1. The average molecular weight is 451 g/mol. The first-order valence-corrected chi connectivity index (χ1v) is 10.9. The molecule has 164 valence electrons. The van der Waals surface area contributed by atoms with Crippen molar-refractivity contribution >= 4 is 27.3 Å². The standard InChI is InChI=1S/C20H19F2N3O5S/c1-29-16-7-6-12(10-15(16)25-31(2,27)28)24-18(26)8-9-19-23-11-17(30-19)20-13(21)4-3-5-14(20)22/h3-7,10-11,25H,8-9H2,1-2H3,(H,24,26). The monoisotopic (exact) mass is 451 g/mol. The van der Waals surface area contributed by atoms with E-state index in [2.05, 4.69) is 15.0 Å². The van der Waals surface area contributed by atoms with Gasteiger partial charge in [-0.15, -0.1) is 0 Å². The molecule has 0 atom stereocenters. The zero-order chi connectivity index (χ0) is 22.6. The van der Waals surface area contributed by atoms with Crippen LogP contribution in [0.5, 0.6) is 5.75 Å². The topological polar surface area (TPSA) is 111 Å². The number of aryl methyl sites for hydroxylation is 1. The molecule has 0 spiro atoms.